The summed E-state index contributed by atoms with van der Waals surface area (Å²) >= 11 is 0. The van der Waals surface area contributed by atoms with Gasteiger partial charge in [-0.2, -0.15) is 0 Å². The highest BCUT2D eigenvalue weighted by Gasteiger charge is 2.21. The van der Waals surface area contributed by atoms with E-state index in [1.807, 2.05) is 12.3 Å². The molecule has 0 aromatic carbocycles. The van der Waals surface area contributed by atoms with E-state index in [2.05, 4.69) is 25.8 Å². The number of methoxy groups -OCH3 is 1. The molecule has 0 amide bonds. The summed E-state index contributed by atoms with van der Waals surface area (Å²) < 4.78 is 4.88. The summed E-state index contributed by atoms with van der Waals surface area (Å²) in [6.07, 6.45) is 6.46. The van der Waals surface area contributed by atoms with Crippen LogP contribution in [0.3, 0.4) is 0 Å². The van der Waals surface area contributed by atoms with Crippen molar-refractivity contribution in [1.29, 1.82) is 0 Å². The minimum absolute atomic E-state index is 0.338. The zero-order valence-electron chi connectivity index (χ0n) is 13.9. The van der Waals surface area contributed by atoms with Crippen molar-refractivity contribution in [1.82, 2.24) is 14.9 Å². The van der Waals surface area contributed by atoms with E-state index in [1.54, 1.807) is 24.5 Å². The van der Waals surface area contributed by atoms with Gasteiger partial charge in [-0.05, 0) is 30.2 Å². The maximum absolute atomic E-state index is 12.0. The van der Waals surface area contributed by atoms with Gasteiger partial charge < -0.3 is 9.64 Å². The van der Waals surface area contributed by atoms with E-state index >= 15 is 0 Å². The predicted molar refractivity (Wildman–Crippen MR) is 91.9 cm³/mol. The summed E-state index contributed by atoms with van der Waals surface area (Å²) in [5.74, 6) is 0.377. The van der Waals surface area contributed by atoms with Crippen LogP contribution in [0.5, 0.6) is 0 Å². The molecule has 126 valence electrons. The Morgan fingerprint density at radius 3 is 2.83 bits per heavy atom. The molecule has 6 heteroatoms. The number of ether oxygens (including phenoxy) is 1. The number of hydrogen-bond donors (Lipinski definition) is 0. The summed E-state index contributed by atoms with van der Waals surface area (Å²) in [6, 6.07) is 7.61. The van der Waals surface area contributed by atoms with E-state index in [-0.39, 0.29) is 5.97 Å². The highest BCUT2D eigenvalue weighted by Crippen LogP contribution is 2.20. The molecule has 6 nitrogen and oxygen atoms in total. The van der Waals surface area contributed by atoms with Gasteiger partial charge >= 0.3 is 5.97 Å². The van der Waals surface area contributed by atoms with Crippen LogP contribution in [0, 0.1) is 0 Å². The van der Waals surface area contributed by atoms with Gasteiger partial charge in [0.15, 0.2) is 0 Å². The molecule has 1 aliphatic heterocycles. The van der Waals surface area contributed by atoms with E-state index in [0.717, 1.165) is 39.1 Å². The topological polar surface area (TPSA) is 58.6 Å². The van der Waals surface area contributed by atoms with E-state index in [1.165, 1.54) is 12.7 Å². The first-order chi connectivity index (χ1) is 11.8. The fraction of sp³-hybridized carbons (Fsp3) is 0.389. The third-order valence-corrected chi connectivity index (χ3v) is 4.21. The van der Waals surface area contributed by atoms with Crippen LogP contribution in [0.15, 0.2) is 42.9 Å². The number of carbonyl (C=O) groups is 1. The van der Waals surface area contributed by atoms with Gasteiger partial charge in [0.05, 0.1) is 7.11 Å². The number of nitrogens with zero attached hydrogens (tertiary/aromatic N) is 4. The van der Waals surface area contributed by atoms with Crippen LogP contribution < -0.4 is 4.90 Å². The Balaban J connectivity index is 1.69. The zero-order valence-corrected chi connectivity index (χ0v) is 13.9. The second-order valence-electron chi connectivity index (χ2n) is 5.84. The van der Waals surface area contributed by atoms with Crippen LogP contribution in [0.2, 0.25) is 0 Å². The average Bonchev–Trinajstić information content (AvgIpc) is 2.87. The lowest BCUT2D eigenvalue weighted by molar-refractivity contribution is 0.0601. The summed E-state index contributed by atoms with van der Waals surface area (Å²) in [5, 5.41) is 0. The summed E-state index contributed by atoms with van der Waals surface area (Å²) in [7, 11) is 1.40. The van der Waals surface area contributed by atoms with Crippen molar-refractivity contribution in [2.75, 3.05) is 38.2 Å². The molecule has 0 unspecified atom stereocenters. The van der Waals surface area contributed by atoms with Gasteiger partial charge in [-0.3, -0.25) is 9.88 Å². The molecule has 0 saturated carbocycles. The quantitative estimate of drug-likeness (QED) is 0.801. The molecule has 1 fully saturated rings. The first kappa shape index (κ1) is 16.4. The standard InChI is InChI=1S/C18H22N4O2/c1-24-18(23)16-6-3-8-20-17(16)22-10-4-9-21(11-12-22)14-15-5-2-7-19-13-15/h2-3,5-8,13H,4,9-12,14H2,1H3. The Bertz CT molecular complexity index is 678. The zero-order chi connectivity index (χ0) is 16.8. The number of anilines is 1. The Morgan fingerprint density at radius 1 is 1.17 bits per heavy atom. The highest BCUT2D eigenvalue weighted by atomic mass is 16.5. The van der Waals surface area contributed by atoms with Crippen LogP contribution >= 0.6 is 0 Å². The minimum Gasteiger partial charge on any atom is -0.465 e. The third kappa shape index (κ3) is 3.89. The Labute approximate surface area is 142 Å². The van der Waals surface area contributed by atoms with Gasteiger partial charge in [0.25, 0.3) is 0 Å². The van der Waals surface area contributed by atoms with Crippen LogP contribution in [-0.2, 0) is 11.3 Å². The largest absolute Gasteiger partial charge is 0.465 e. The minimum atomic E-state index is -0.338. The fourth-order valence-electron chi connectivity index (χ4n) is 3.01. The molecule has 0 N–H and O–H groups in total. The van der Waals surface area contributed by atoms with E-state index in [0.29, 0.717) is 11.4 Å². The van der Waals surface area contributed by atoms with E-state index in [9.17, 15) is 4.79 Å². The van der Waals surface area contributed by atoms with E-state index in [4.69, 9.17) is 4.74 Å². The average molecular weight is 326 g/mol. The van der Waals surface area contributed by atoms with Crippen molar-refractivity contribution in [3.8, 4) is 0 Å². The summed E-state index contributed by atoms with van der Waals surface area (Å²) in [6.45, 7) is 4.55. The number of carbonyl (C=O) groups excluding carboxylic acids is 1. The monoisotopic (exact) mass is 326 g/mol. The van der Waals surface area contributed by atoms with Crippen LogP contribution in [0.25, 0.3) is 0 Å². The van der Waals surface area contributed by atoms with Crippen LogP contribution in [0.4, 0.5) is 5.82 Å². The Kier molecular flexibility index (Phi) is 5.38. The van der Waals surface area contributed by atoms with Crippen molar-refractivity contribution >= 4 is 11.8 Å². The molecule has 0 bridgehead atoms. The maximum Gasteiger partial charge on any atom is 0.341 e. The third-order valence-electron chi connectivity index (χ3n) is 4.21. The lowest BCUT2D eigenvalue weighted by Gasteiger charge is -2.24. The molecular formula is C18H22N4O2. The van der Waals surface area contributed by atoms with Crippen molar-refractivity contribution in [3.63, 3.8) is 0 Å². The van der Waals surface area contributed by atoms with Gasteiger partial charge in [0.1, 0.15) is 11.4 Å². The second-order valence-corrected chi connectivity index (χ2v) is 5.84. The summed E-state index contributed by atoms with van der Waals surface area (Å²) in [4.78, 5) is 25.1. The number of rotatable bonds is 4. The Hall–Kier alpha value is -2.47. The molecule has 0 radical (unpaired) electrons. The molecular weight excluding hydrogens is 304 g/mol. The van der Waals surface area contributed by atoms with Crippen LogP contribution in [-0.4, -0.2) is 54.1 Å². The molecule has 2 aromatic rings. The molecule has 3 rings (SSSR count). The molecule has 0 aliphatic carbocycles. The molecule has 24 heavy (non-hydrogen) atoms. The molecule has 1 saturated heterocycles. The number of hydrogen-bond acceptors (Lipinski definition) is 6. The Morgan fingerprint density at radius 2 is 2.04 bits per heavy atom. The van der Waals surface area contributed by atoms with Crippen LogP contribution in [0.1, 0.15) is 22.3 Å². The van der Waals surface area contributed by atoms with Gasteiger partial charge in [0, 0.05) is 51.3 Å². The first-order valence-electron chi connectivity index (χ1n) is 8.17. The summed E-state index contributed by atoms with van der Waals surface area (Å²) in [5.41, 5.74) is 1.75. The van der Waals surface area contributed by atoms with Crippen molar-refractivity contribution < 1.29 is 9.53 Å². The first-order valence-corrected chi connectivity index (χ1v) is 8.17. The highest BCUT2D eigenvalue weighted by molar-refractivity contribution is 5.94. The molecule has 2 aromatic heterocycles. The van der Waals surface area contributed by atoms with Gasteiger partial charge in [0.2, 0.25) is 0 Å². The smallest absolute Gasteiger partial charge is 0.341 e. The number of aromatic nitrogens is 2. The lowest BCUT2D eigenvalue weighted by atomic mass is 10.2. The number of esters is 1. The van der Waals surface area contributed by atoms with Gasteiger partial charge in [-0.25, -0.2) is 9.78 Å². The molecule has 0 atom stereocenters. The van der Waals surface area contributed by atoms with E-state index < -0.39 is 0 Å². The van der Waals surface area contributed by atoms with Crippen molar-refractivity contribution in [3.05, 3.63) is 54.0 Å². The fourth-order valence-corrected chi connectivity index (χ4v) is 3.01. The second kappa shape index (κ2) is 7.88. The normalized spacial score (nSPS) is 15.8. The van der Waals surface area contributed by atoms with Crippen molar-refractivity contribution in [2.24, 2.45) is 0 Å². The van der Waals surface area contributed by atoms with Gasteiger partial charge in [-0.15, -0.1) is 0 Å². The molecule has 0 spiro atoms. The van der Waals surface area contributed by atoms with Crippen molar-refractivity contribution in [2.45, 2.75) is 13.0 Å². The number of pyridine rings is 2. The molecule has 1 aliphatic rings. The van der Waals surface area contributed by atoms with Gasteiger partial charge in [-0.1, -0.05) is 6.07 Å². The molecule has 3 heterocycles. The SMILES string of the molecule is COC(=O)c1cccnc1N1CCCN(Cc2cccnc2)CC1. The lowest BCUT2D eigenvalue weighted by Crippen LogP contribution is -2.32. The predicted octanol–water partition coefficient (Wildman–Crippen LogP) is 1.98. The maximum atomic E-state index is 12.0.